The molecule has 0 spiro atoms. The smallest absolute Gasteiger partial charge is 0.240 e. The topological polar surface area (TPSA) is 75.4 Å². The summed E-state index contributed by atoms with van der Waals surface area (Å²) in [6.45, 7) is 5.85. The monoisotopic (exact) mass is 313 g/mol. The molecule has 0 aliphatic rings. The van der Waals surface area contributed by atoms with E-state index in [-0.39, 0.29) is 5.41 Å². The van der Waals surface area contributed by atoms with Crippen molar-refractivity contribution in [2.45, 2.75) is 25.2 Å². The van der Waals surface area contributed by atoms with Gasteiger partial charge in [0.15, 0.2) is 0 Å². The van der Waals surface area contributed by atoms with E-state index < -0.39 is 10.0 Å². The zero-order valence-electron chi connectivity index (χ0n) is 13.4. The van der Waals surface area contributed by atoms with Gasteiger partial charge in [0.1, 0.15) is 0 Å². The van der Waals surface area contributed by atoms with Crippen molar-refractivity contribution in [2.75, 3.05) is 33.7 Å². The average Bonchev–Trinajstić information content (AvgIpc) is 2.36. The number of nitrogens with one attached hydrogen (secondary N) is 1. The molecule has 1 rings (SSSR count). The van der Waals surface area contributed by atoms with E-state index in [1.807, 2.05) is 40.1 Å². The Morgan fingerprint density at radius 2 is 1.76 bits per heavy atom. The minimum absolute atomic E-state index is 0.129. The summed E-state index contributed by atoms with van der Waals surface area (Å²) in [7, 11) is 0.496. The lowest BCUT2D eigenvalue weighted by molar-refractivity contribution is 0.242. The van der Waals surface area contributed by atoms with Crippen LogP contribution in [0.5, 0.6) is 0 Å². The molecule has 3 N–H and O–H groups in total. The van der Waals surface area contributed by atoms with Crippen LogP contribution in [0.3, 0.4) is 0 Å². The fourth-order valence-corrected chi connectivity index (χ4v) is 3.53. The van der Waals surface area contributed by atoms with Gasteiger partial charge in [0.2, 0.25) is 10.0 Å². The molecule has 0 amide bonds. The van der Waals surface area contributed by atoms with Crippen LogP contribution in [0.25, 0.3) is 0 Å². The molecule has 1 aromatic carbocycles. The summed E-state index contributed by atoms with van der Waals surface area (Å²) in [5, 5.41) is 0. The van der Waals surface area contributed by atoms with Crippen molar-refractivity contribution in [3.63, 3.8) is 0 Å². The summed E-state index contributed by atoms with van der Waals surface area (Å²) < 4.78 is 27.3. The minimum Gasteiger partial charge on any atom is -0.330 e. The molecular formula is C15H27N3O2S. The highest BCUT2D eigenvalue weighted by molar-refractivity contribution is 7.89. The van der Waals surface area contributed by atoms with Gasteiger partial charge in [-0.2, -0.15) is 0 Å². The van der Waals surface area contributed by atoms with Crippen LogP contribution in [0.15, 0.2) is 29.2 Å². The molecule has 1 aromatic rings. The molecule has 0 heterocycles. The van der Waals surface area contributed by atoms with Gasteiger partial charge < -0.3 is 10.6 Å². The second-order valence-corrected chi connectivity index (χ2v) is 8.18. The lowest BCUT2D eigenvalue weighted by Crippen LogP contribution is -2.39. The number of nitrogens with zero attached hydrogens (tertiary/aromatic N) is 1. The van der Waals surface area contributed by atoms with Crippen molar-refractivity contribution in [2.24, 2.45) is 11.1 Å². The largest absolute Gasteiger partial charge is 0.330 e. The number of benzene rings is 1. The van der Waals surface area contributed by atoms with E-state index in [0.717, 1.165) is 18.5 Å². The van der Waals surface area contributed by atoms with Crippen LogP contribution < -0.4 is 10.5 Å². The molecule has 0 aromatic heterocycles. The van der Waals surface area contributed by atoms with Gasteiger partial charge in [-0.3, -0.25) is 0 Å². The third kappa shape index (κ3) is 6.13. The Bertz CT molecular complexity index is 537. The molecule has 0 bridgehead atoms. The fourth-order valence-electron chi connectivity index (χ4n) is 2.29. The quantitative estimate of drug-likeness (QED) is 0.752. The first-order valence-corrected chi connectivity index (χ1v) is 8.58. The van der Waals surface area contributed by atoms with Gasteiger partial charge in [-0.25, -0.2) is 13.1 Å². The Balaban J connectivity index is 2.73. The van der Waals surface area contributed by atoms with Crippen molar-refractivity contribution < 1.29 is 8.42 Å². The van der Waals surface area contributed by atoms with Crippen LogP contribution >= 0.6 is 0 Å². The van der Waals surface area contributed by atoms with E-state index in [1.54, 1.807) is 12.1 Å². The van der Waals surface area contributed by atoms with Crippen LogP contribution in [0.2, 0.25) is 0 Å². The Labute approximate surface area is 128 Å². The normalized spacial score (nSPS) is 12.9. The van der Waals surface area contributed by atoms with E-state index in [4.69, 9.17) is 5.73 Å². The summed E-state index contributed by atoms with van der Waals surface area (Å²) in [6.07, 6.45) is 0.754. The van der Waals surface area contributed by atoms with Gasteiger partial charge in [0, 0.05) is 13.1 Å². The zero-order valence-corrected chi connectivity index (χ0v) is 14.2. The standard InChI is InChI=1S/C15H27N3O2S/c1-15(2,12-18(3)4)11-17-21(19,20)14-7-5-13(6-8-14)9-10-16/h5-8,17H,9-12,16H2,1-4H3. The van der Waals surface area contributed by atoms with Crippen molar-refractivity contribution in [3.8, 4) is 0 Å². The molecule has 0 aliphatic heterocycles. The highest BCUT2D eigenvalue weighted by Crippen LogP contribution is 2.17. The first-order valence-electron chi connectivity index (χ1n) is 7.10. The predicted molar refractivity (Wildman–Crippen MR) is 86.7 cm³/mol. The number of nitrogens with two attached hydrogens (primary N) is 1. The van der Waals surface area contributed by atoms with E-state index in [1.165, 1.54) is 0 Å². The van der Waals surface area contributed by atoms with Gasteiger partial charge in [0.05, 0.1) is 4.90 Å². The summed E-state index contributed by atoms with van der Waals surface area (Å²) >= 11 is 0. The number of sulfonamides is 1. The molecule has 6 heteroatoms. The Hall–Kier alpha value is -0.950. The first kappa shape index (κ1) is 18.1. The van der Waals surface area contributed by atoms with Crippen LogP contribution in [-0.4, -0.2) is 47.0 Å². The molecule has 0 saturated carbocycles. The van der Waals surface area contributed by atoms with Gasteiger partial charge in [0.25, 0.3) is 0 Å². The van der Waals surface area contributed by atoms with Crippen molar-refractivity contribution in [1.82, 2.24) is 9.62 Å². The minimum atomic E-state index is -3.46. The molecule has 0 fully saturated rings. The molecule has 0 radical (unpaired) electrons. The summed E-state index contributed by atoms with van der Waals surface area (Å²) in [5.41, 5.74) is 6.40. The van der Waals surface area contributed by atoms with Gasteiger partial charge in [-0.05, 0) is 50.2 Å². The van der Waals surface area contributed by atoms with Crippen LogP contribution in [0.4, 0.5) is 0 Å². The number of hydrogen-bond donors (Lipinski definition) is 2. The van der Waals surface area contributed by atoms with E-state index in [2.05, 4.69) is 9.62 Å². The van der Waals surface area contributed by atoms with Crippen LogP contribution in [-0.2, 0) is 16.4 Å². The maximum absolute atomic E-state index is 12.3. The second-order valence-electron chi connectivity index (χ2n) is 6.41. The molecule has 0 aliphatic carbocycles. The Kier molecular flexibility index (Phi) is 6.34. The average molecular weight is 313 g/mol. The molecule has 0 saturated heterocycles. The predicted octanol–water partition coefficient (Wildman–Crippen LogP) is 1.05. The van der Waals surface area contributed by atoms with Gasteiger partial charge in [-0.1, -0.05) is 26.0 Å². The molecular weight excluding hydrogens is 286 g/mol. The molecule has 5 nitrogen and oxygen atoms in total. The van der Waals surface area contributed by atoms with Crippen LogP contribution in [0.1, 0.15) is 19.4 Å². The molecule has 120 valence electrons. The Morgan fingerprint density at radius 1 is 1.19 bits per heavy atom. The maximum atomic E-state index is 12.3. The van der Waals surface area contributed by atoms with E-state index >= 15 is 0 Å². The van der Waals surface area contributed by atoms with E-state index in [9.17, 15) is 8.42 Å². The highest BCUT2D eigenvalue weighted by Gasteiger charge is 2.23. The first-order chi connectivity index (χ1) is 9.66. The lowest BCUT2D eigenvalue weighted by atomic mass is 9.93. The zero-order chi connectivity index (χ0) is 16.1. The highest BCUT2D eigenvalue weighted by atomic mass is 32.2. The van der Waals surface area contributed by atoms with Crippen molar-refractivity contribution >= 4 is 10.0 Å². The van der Waals surface area contributed by atoms with Gasteiger partial charge >= 0.3 is 0 Å². The van der Waals surface area contributed by atoms with E-state index in [0.29, 0.717) is 18.0 Å². The third-order valence-corrected chi connectivity index (χ3v) is 4.57. The van der Waals surface area contributed by atoms with Crippen LogP contribution in [0, 0.1) is 5.41 Å². The Morgan fingerprint density at radius 3 is 2.24 bits per heavy atom. The summed E-state index contributed by atoms with van der Waals surface area (Å²) in [4.78, 5) is 2.35. The third-order valence-electron chi connectivity index (χ3n) is 3.15. The summed E-state index contributed by atoms with van der Waals surface area (Å²) in [5.74, 6) is 0. The van der Waals surface area contributed by atoms with Crippen molar-refractivity contribution in [3.05, 3.63) is 29.8 Å². The maximum Gasteiger partial charge on any atom is 0.240 e. The second kappa shape index (κ2) is 7.35. The lowest BCUT2D eigenvalue weighted by Gasteiger charge is -2.28. The number of hydrogen-bond acceptors (Lipinski definition) is 4. The molecule has 0 unspecified atom stereocenters. The van der Waals surface area contributed by atoms with Gasteiger partial charge in [-0.15, -0.1) is 0 Å². The molecule has 0 atom stereocenters. The molecule has 21 heavy (non-hydrogen) atoms. The SMILES string of the molecule is CN(C)CC(C)(C)CNS(=O)(=O)c1ccc(CCN)cc1. The fraction of sp³-hybridized carbons (Fsp3) is 0.600. The number of rotatable bonds is 8. The summed E-state index contributed by atoms with van der Waals surface area (Å²) in [6, 6.07) is 6.89. The van der Waals surface area contributed by atoms with Crippen molar-refractivity contribution in [1.29, 1.82) is 0 Å².